The zero-order valence-electron chi connectivity index (χ0n) is 13.2. The van der Waals surface area contributed by atoms with Crippen LogP contribution in [0.25, 0.3) is 5.69 Å². The van der Waals surface area contributed by atoms with Gasteiger partial charge in [-0.1, -0.05) is 18.2 Å². The first-order valence-electron chi connectivity index (χ1n) is 8.42. The van der Waals surface area contributed by atoms with Crippen LogP contribution in [0.4, 0.5) is 0 Å². The molecule has 2 aliphatic rings. The molecule has 0 aliphatic carbocycles. The molecule has 2 aromatic rings. The van der Waals surface area contributed by atoms with Crippen LogP contribution in [-0.4, -0.2) is 45.8 Å². The zero-order valence-corrected chi connectivity index (χ0v) is 13.2. The van der Waals surface area contributed by atoms with E-state index in [9.17, 15) is 4.79 Å². The molecule has 0 bridgehead atoms. The second-order valence-electron chi connectivity index (χ2n) is 6.52. The van der Waals surface area contributed by atoms with E-state index >= 15 is 0 Å². The summed E-state index contributed by atoms with van der Waals surface area (Å²) in [6, 6.07) is 11.7. The van der Waals surface area contributed by atoms with Gasteiger partial charge in [-0.15, -0.1) is 0 Å². The Hall–Kier alpha value is -2.14. The molecule has 2 saturated heterocycles. The lowest BCUT2D eigenvalue weighted by molar-refractivity contribution is 0.0513. The summed E-state index contributed by atoms with van der Waals surface area (Å²) in [5.74, 6) is 0.0825. The van der Waals surface area contributed by atoms with Crippen molar-refractivity contribution in [2.75, 3.05) is 19.6 Å². The fourth-order valence-corrected chi connectivity index (χ4v) is 3.97. The Morgan fingerprint density at radius 1 is 1.09 bits per heavy atom. The van der Waals surface area contributed by atoms with Gasteiger partial charge in [-0.25, -0.2) is 4.68 Å². The summed E-state index contributed by atoms with van der Waals surface area (Å²) < 4.78 is 1.78. The van der Waals surface area contributed by atoms with Crippen molar-refractivity contribution in [2.45, 2.75) is 31.2 Å². The summed E-state index contributed by atoms with van der Waals surface area (Å²) in [5, 5.41) is 7.92. The molecule has 5 heteroatoms. The van der Waals surface area contributed by atoms with Gasteiger partial charge < -0.3 is 10.2 Å². The number of aromatic nitrogens is 2. The molecule has 0 unspecified atom stereocenters. The molecular weight excluding hydrogens is 288 g/mol. The fraction of sp³-hybridized carbons (Fsp3) is 0.444. The molecule has 4 rings (SSSR count). The van der Waals surface area contributed by atoms with E-state index in [0.717, 1.165) is 51.0 Å². The Balaban J connectivity index is 1.58. The number of hydrogen-bond donors (Lipinski definition) is 1. The van der Waals surface area contributed by atoms with Crippen molar-refractivity contribution in [2.24, 2.45) is 0 Å². The highest BCUT2D eigenvalue weighted by molar-refractivity contribution is 5.93. The van der Waals surface area contributed by atoms with E-state index in [1.165, 1.54) is 0 Å². The maximum absolute atomic E-state index is 13.0. The predicted molar refractivity (Wildman–Crippen MR) is 88.7 cm³/mol. The highest BCUT2D eigenvalue weighted by atomic mass is 16.2. The topological polar surface area (TPSA) is 50.2 Å². The lowest BCUT2D eigenvalue weighted by Gasteiger charge is -2.41. The van der Waals surface area contributed by atoms with Crippen molar-refractivity contribution in [3.05, 3.63) is 48.3 Å². The standard InChI is InChI=1S/C18H22N4O/c23-17(21-13-4-8-18(21)9-11-19-12-10-18)16-7-14-22(20-16)15-5-2-1-3-6-15/h1-3,5-7,14,19H,4,8-13H2. The van der Waals surface area contributed by atoms with E-state index in [2.05, 4.69) is 15.3 Å². The molecule has 1 N–H and O–H groups in total. The van der Waals surface area contributed by atoms with Gasteiger partial charge in [0, 0.05) is 18.3 Å². The largest absolute Gasteiger partial charge is 0.331 e. The normalized spacial score (nSPS) is 20.1. The van der Waals surface area contributed by atoms with Crippen molar-refractivity contribution in [3.63, 3.8) is 0 Å². The molecule has 5 nitrogen and oxygen atoms in total. The first kappa shape index (κ1) is 14.5. The number of para-hydroxylation sites is 1. The van der Waals surface area contributed by atoms with Crippen LogP contribution in [0.15, 0.2) is 42.6 Å². The molecule has 0 radical (unpaired) electrons. The Bertz CT molecular complexity index is 688. The summed E-state index contributed by atoms with van der Waals surface area (Å²) in [5.41, 5.74) is 1.58. The fourth-order valence-electron chi connectivity index (χ4n) is 3.97. The number of benzene rings is 1. The number of likely N-dealkylation sites (tertiary alicyclic amines) is 1. The van der Waals surface area contributed by atoms with Gasteiger partial charge in [0.2, 0.25) is 0 Å². The molecule has 120 valence electrons. The number of amides is 1. The van der Waals surface area contributed by atoms with E-state index < -0.39 is 0 Å². The molecule has 2 aliphatic heterocycles. The van der Waals surface area contributed by atoms with Crippen LogP contribution in [0, 0.1) is 0 Å². The summed E-state index contributed by atoms with van der Waals surface area (Å²) in [6.07, 6.45) is 6.20. The Morgan fingerprint density at radius 3 is 2.65 bits per heavy atom. The maximum Gasteiger partial charge on any atom is 0.274 e. The minimum atomic E-state index is 0.0544. The highest BCUT2D eigenvalue weighted by Gasteiger charge is 2.44. The smallest absolute Gasteiger partial charge is 0.274 e. The van der Waals surface area contributed by atoms with Crippen LogP contribution in [0.2, 0.25) is 0 Å². The van der Waals surface area contributed by atoms with E-state index in [1.54, 1.807) is 4.68 Å². The average Bonchev–Trinajstić information content (AvgIpc) is 3.24. The van der Waals surface area contributed by atoms with E-state index in [1.807, 2.05) is 42.6 Å². The third kappa shape index (κ3) is 2.55. The molecule has 3 heterocycles. The van der Waals surface area contributed by atoms with Crippen molar-refractivity contribution in [1.82, 2.24) is 20.0 Å². The van der Waals surface area contributed by atoms with E-state index in [4.69, 9.17) is 0 Å². The van der Waals surface area contributed by atoms with Gasteiger partial charge in [-0.2, -0.15) is 5.10 Å². The molecule has 1 aromatic carbocycles. The van der Waals surface area contributed by atoms with Gasteiger partial charge >= 0.3 is 0 Å². The summed E-state index contributed by atoms with van der Waals surface area (Å²) >= 11 is 0. The average molecular weight is 310 g/mol. The van der Waals surface area contributed by atoms with E-state index in [0.29, 0.717) is 5.69 Å². The van der Waals surface area contributed by atoms with Gasteiger partial charge in [0.05, 0.1) is 5.69 Å². The summed E-state index contributed by atoms with van der Waals surface area (Å²) in [7, 11) is 0. The molecular formula is C18H22N4O. The Morgan fingerprint density at radius 2 is 1.87 bits per heavy atom. The third-order valence-electron chi connectivity index (χ3n) is 5.20. The summed E-state index contributed by atoms with van der Waals surface area (Å²) in [6.45, 7) is 2.86. The van der Waals surface area contributed by atoms with Crippen LogP contribution < -0.4 is 5.32 Å². The lowest BCUT2D eigenvalue weighted by atomic mass is 9.85. The molecule has 2 fully saturated rings. The van der Waals surface area contributed by atoms with Crippen LogP contribution in [-0.2, 0) is 0 Å². The number of piperidine rings is 1. The van der Waals surface area contributed by atoms with Crippen molar-refractivity contribution in [1.29, 1.82) is 0 Å². The number of nitrogens with one attached hydrogen (secondary N) is 1. The van der Waals surface area contributed by atoms with Crippen LogP contribution in [0.5, 0.6) is 0 Å². The van der Waals surface area contributed by atoms with Gasteiger partial charge in [0.25, 0.3) is 5.91 Å². The monoisotopic (exact) mass is 310 g/mol. The molecule has 1 spiro atoms. The number of carbonyl (C=O) groups is 1. The molecule has 0 atom stereocenters. The maximum atomic E-state index is 13.0. The van der Waals surface area contributed by atoms with Gasteiger partial charge in [0.15, 0.2) is 5.69 Å². The van der Waals surface area contributed by atoms with Gasteiger partial charge in [0.1, 0.15) is 0 Å². The lowest BCUT2D eigenvalue weighted by Crippen LogP contribution is -2.53. The Kier molecular flexibility index (Phi) is 3.65. The first-order valence-corrected chi connectivity index (χ1v) is 8.42. The van der Waals surface area contributed by atoms with Gasteiger partial charge in [-0.05, 0) is 57.0 Å². The number of nitrogens with zero attached hydrogens (tertiary/aromatic N) is 3. The second-order valence-corrected chi connectivity index (χ2v) is 6.52. The number of carbonyl (C=O) groups excluding carboxylic acids is 1. The molecule has 23 heavy (non-hydrogen) atoms. The third-order valence-corrected chi connectivity index (χ3v) is 5.20. The van der Waals surface area contributed by atoms with Crippen molar-refractivity contribution in [3.8, 4) is 5.69 Å². The minimum absolute atomic E-state index is 0.0544. The highest BCUT2D eigenvalue weighted by Crippen LogP contribution is 2.37. The van der Waals surface area contributed by atoms with Crippen LogP contribution >= 0.6 is 0 Å². The zero-order chi connectivity index (χ0) is 15.7. The van der Waals surface area contributed by atoms with E-state index in [-0.39, 0.29) is 11.4 Å². The van der Waals surface area contributed by atoms with Crippen LogP contribution in [0.1, 0.15) is 36.2 Å². The SMILES string of the molecule is O=C(c1ccn(-c2ccccc2)n1)N1CCCC12CCNCC2. The number of hydrogen-bond acceptors (Lipinski definition) is 3. The van der Waals surface area contributed by atoms with Crippen molar-refractivity contribution >= 4 is 5.91 Å². The van der Waals surface area contributed by atoms with Crippen molar-refractivity contribution < 1.29 is 4.79 Å². The van der Waals surface area contributed by atoms with Crippen LogP contribution in [0.3, 0.4) is 0 Å². The second kappa shape index (κ2) is 5.81. The minimum Gasteiger partial charge on any atom is -0.331 e. The quantitative estimate of drug-likeness (QED) is 0.925. The first-order chi connectivity index (χ1) is 11.3. The number of rotatable bonds is 2. The summed E-state index contributed by atoms with van der Waals surface area (Å²) in [4.78, 5) is 15.1. The van der Waals surface area contributed by atoms with Gasteiger partial charge in [-0.3, -0.25) is 4.79 Å². The Labute approximate surface area is 136 Å². The predicted octanol–water partition coefficient (Wildman–Crippen LogP) is 2.23. The molecule has 0 saturated carbocycles. The molecule has 1 aromatic heterocycles. The molecule has 1 amide bonds.